The zero-order chi connectivity index (χ0) is 25.0. The van der Waals surface area contributed by atoms with Gasteiger partial charge in [-0.1, -0.05) is 30.3 Å². The number of carboxylic acids is 1. The van der Waals surface area contributed by atoms with Gasteiger partial charge in [0.2, 0.25) is 17.9 Å². The molecule has 0 saturated heterocycles. The van der Waals surface area contributed by atoms with E-state index in [-0.39, 0.29) is 17.8 Å². The Morgan fingerprint density at radius 3 is 2.14 bits per heavy atom. The summed E-state index contributed by atoms with van der Waals surface area (Å²) < 4.78 is 27.5. The Hall–Kier alpha value is -4.05. The van der Waals surface area contributed by atoms with E-state index in [1.54, 1.807) is 13.2 Å². The summed E-state index contributed by atoms with van der Waals surface area (Å²) in [5.74, 6) is 0.165. The minimum Gasteiger partial charge on any atom is -0.493 e. The number of carbonyl (C=O) groups is 1. The van der Waals surface area contributed by atoms with Gasteiger partial charge >= 0.3 is 12.0 Å². The summed E-state index contributed by atoms with van der Waals surface area (Å²) in [7, 11) is 5.97. The number of ether oxygens (including phenoxy) is 5. The van der Waals surface area contributed by atoms with Crippen LogP contribution < -0.4 is 29.0 Å². The van der Waals surface area contributed by atoms with Crippen molar-refractivity contribution < 1.29 is 33.6 Å². The van der Waals surface area contributed by atoms with Gasteiger partial charge in [-0.15, -0.1) is 0 Å². The molecule has 1 aliphatic heterocycles. The molecule has 0 aliphatic carbocycles. The molecule has 35 heavy (non-hydrogen) atoms. The maximum absolute atomic E-state index is 12.8. The molecule has 184 valence electrons. The van der Waals surface area contributed by atoms with Crippen molar-refractivity contribution in [2.75, 3.05) is 35.0 Å². The molecular formula is C25H27N3O7. The number of methoxy groups -OCH3 is 4. The number of hydrogen-bond acceptors (Lipinski definition) is 9. The van der Waals surface area contributed by atoms with Crippen molar-refractivity contribution in [3.63, 3.8) is 0 Å². The summed E-state index contributed by atoms with van der Waals surface area (Å²) in [4.78, 5) is 21.2. The standard InChI is InChI=1S/C25H27N3O7/c1-31-18-12-15-10-11-26-25(16-8-6-5-7-9-16,17(15)13-19(18)32-2)22(23(29)30)35-24-27-20(33-3)14-21(28-24)34-4/h5-9,12-14,22,26H,10-11H2,1-4H3,(H,29,30)/t22-,25+/m1/s1. The van der Waals surface area contributed by atoms with Gasteiger partial charge in [0.1, 0.15) is 5.54 Å². The zero-order valence-corrected chi connectivity index (χ0v) is 19.9. The van der Waals surface area contributed by atoms with E-state index in [9.17, 15) is 9.90 Å². The second-order valence-electron chi connectivity index (χ2n) is 7.79. The smallest absolute Gasteiger partial charge is 0.347 e. The lowest BCUT2D eigenvalue weighted by atomic mass is 9.73. The van der Waals surface area contributed by atoms with Crippen LogP contribution in [0.1, 0.15) is 16.7 Å². The Morgan fingerprint density at radius 1 is 0.943 bits per heavy atom. The van der Waals surface area contributed by atoms with Crippen molar-refractivity contribution in [1.29, 1.82) is 0 Å². The molecule has 2 N–H and O–H groups in total. The van der Waals surface area contributed by atoms with Crippen LogP contribution in [-0.2, 0) is 16.8 Å². The fraction of sp³-hybridized carbons (Fsp3) is 0.320. The van der Waals surface area contributed by atoms with Crippen molar-refractivity contribution in [2.24, 2.45) is 0 Å². The Balaban J connectivity index is 1.95. The van der Waals surface area contributed by atoms with Gasteiger partial charge in [-0.3, -0.25) is 5.32 Å². The molecule has 0 saturated carbocycles. The van der Waals surface area contributed by atoms with E-state index in [0.29, 0.717) is 35.6 Å². The van der Waals surface area contributed by atoms with Crippen molar-refractivity contribution in [2.45, 2.75) is 18.1 Å². The lowest BCUT2D eigenvalue weighted by Crippen LogP contribution is -2.60. The van der Waals surface area contributed by atoms with Gasteiger partial charge in [-0.05, 0) is 35.2 Å². The molecular weight excluding hydrogens is 454 g/mol. The maximum atomic E-state index is 12.8. The molecule has 2 heterocycles. The summed E-state index contributed by atoms with van der Waals surface area (Å²) in [5.41, 5.74) is 0.981. The lowest BCUT2D eigenvalue weighted by Gasteiger charge is -2.43. The number of benzene rings is 2. The van der Waals surface area contributed by atoms with Crippen LogP contribution in [0.2, 0.25) is 0 Å². The third-order valence-corrected chi connectivity index (χ3v) is 5.98. The first-order valence-electron chi connectivity index (χ1n) is 10.9. The number of hydrogen-bond donors (Lipinski definition) is 2. The van der Waals surface area contributed by atoms with Crippen LogP contribution in [0.25, 0.3) is 0 Å². The van der Waals surface area contributed by atoms with Crippen LogP contribution in [-0.4, -0.2) is 62.1 Å². The van der Waals surface area contributed by atoms with E-state index < -0.39 is 17.6 Å². The van der Waals surface area contributed by atoms with Gasteiger partial charge in [-0.2, -0.15) is 9.97 Å². The number of rotatable bonds is 9. The minimum atomic E-state index is -1.47. The SMILES string of the molecule is COc1cc(OC)nc(O[C@H](C(=O)O)[C@@]2(c3ccccc3)NCCc3cc(OC)c(OC)cc32)n1. The van der Waals surface area contributed by atoms with Gasteiger partial charge in [-0.25, -0.2) is 4.79 Å². The maximum Gasteiger partial charge on any atom is 0.347 e. The van der Waals surface area contributed by atoms with E-state index in [1.165, 1.54) is 27.4 Å². The van der Waals surface area contributed by atoms with Crippen LogP contribution >= 0.6 is 0 Å². The average Bonchev–Trinajstić information content (AvgIpc) is 2.90. The minimum absolute atomic E-state index is 0.174. The summed E-state index contributed by atoms with van der Waals surface area (Å²) in [6.45, 7) is 0.493. The Morgan fingerprint density at radius 2 is 1.57 bits per heavy atom. The van der Waals surface area contributed by atoms with E-state index in [1.807, 2.05) is 36.4 Å². The number of nitrogens with one attached hydrogen (secondary N) is 1. The highest BCUT2D eigenvalue weighted by Gasteiger charge is 2.51. The van der Waals surface area contributed by atoms with Gasteiger partial charge in [0.15, 0.2) is 11.5 Å². The molecule has 4 rings (SSSR count). The summed E-state index contributed by atoms with van der Waals surface area (Å²) in [6, 6.07) is 14.2. The number of nitrogens with zero attached hydrogens (tertiary/aromatic N) is 2. The predicted molar refractivity (Wildman–Crippen MR) is 126 cm³/mol. The fourth-order valence-corrected chi connectivity index (χ4v) is 4.40. The summed E-state index contributed by atoms with van der Waals surface area (Å²) >= 11 is 0. The van der Waals surface area contributed by atoms with Crippen LogP contribution in [0.3, 0.4) is 0 Å². The van der Waals surface area contributed by atoms with Crippen LogP contribution in [0.4, 0.5) is 0 Å². The molecule has 1 aliphatic rings. The normalized spacial score (nSPS) is 17.6. The van der Waals surface area contributed by atoms with E-state index >= 15 is 0 Å². The monoisotopic (exact) mass is 481 g/mol. The summed E-state index contributed by atoms with van der Waals surface area (Å²) in [5, 5.41) is 13.9. The van der Waals surface area contributed by atoms with Crippen molar-refractivity contribution in [3.05, 3.63) is 65.2 Å². The highest BCUT2D eigenvalue weighted by atomic mass is 16.5. The van der Waals surface area contributed by atoms with Crippen molar-refractivity contribution >= 4 is 5.97 Å². The van der Waals surface area contributed by atoms with Crippen molar-refractivity contribution in [3.8, 4) is 29.3 Å². The quantitative estimate of drug-likeness (QED) is 0.471. The van der Waals surface area contributed by atoms with Gasteiger partial charge in [0.05, 0.1) is 34.5 Å². The molecule has 0 spiro atoms. The molecule has 0 unspecified atom stereocenters. The highest BCUT2D eigenvalue weighted by molar-refractivity contribution is 5.77. The van der Waals surface area contributed by atoms with Crippen LogP contribution in [0.15, 0.2) is 48.5 Å². The average molecular weight is 482 g/mol. The number of fused-ring (bicyclic) bond motifs is 1. The summed E-state index contributed by atoms with van der Waals surface area (Å²) in [6.07, 6.45) is -0.820. The molecule has 0 fully saturated rings. The second kappa shape index (κ2) is 10.1. The third kappa shape index (κ3) is 4.40. The Labute approximate surface area is 202 Å². The fourth-order valence-electron chi connectivity index (χ4n) is 4.40. The largest absolute Gasteiger partial charge is 0.493 e. The van der Waals surface area contributed by atoms with Gasteiger partial charge in [0.25, 0.3) is 0 Å². The first-order valence-corrected chi connectivity index (χ1v) is 10.9. The molecule has 10 heteroatoms. The topological polar surface area (TPSA) is 121 Å². The van der Waals surface area contributed by atoms with E-state index in [4.69, 9.17) is 23.7 Å². The zero-order valence-electron chi connectivity index (χ0n) is 19.9. The number of aliphatic carboxylic acids is 1. The highest BCUT2D eigenvalue weighted by Crippen LogP contribution is 2.44. The van der Waals surface area contributed by atoms with Gasteiger partial charge in [0, 0.05) is 6.54 Å². The van der Waals surface area contributed by atoms with Crippen LogP contribution in [0, 0.1) is 0 Å². The predicted octanol–water partition coefficient (Wildman–Crippen LogP) is 2.43. The molecule has 2 aromatic carbocycles. The van der Waals surface area contributed by atoms with Crippen molar-refractivity contribution in [1.82, 2.24) is 15.3 Å². The van der Waals surface area contributed by atoms with Crippen LogP contribution in [0.5, 0.6) is 29.3 Å². The molecule has 0 bridgehead atoms. The third-order valence-electron chi connectivity index (χ3n) is 5.98. The molecule has 3 aromatic rings. The molecule has 2 atom stereocenters. The molecule has 10 nitrogen and oxygen atoms in total. The number of aromatic nitrogens is 2. The first-order chi connectivity index (χ1) is 17.0. The molecule has 1 aromatic heterocycles. The second-order valence-corrected chi connectivity index (χ2v) is 7.79. The first kappa shape index (κ1) is 24.1. The Bertz CT molecular complexity index is 1180. The number of carboxylic acid groups (broad SMARTS) is 1. The van der Waals surface area contributed by atoms with E-state index in [0.717, 1.165) is 5.56 Å². The molecule has 0 amide bonds. The lowest BCUT2D eigenvalue weighted by molar-refractivity contribution is -0.149. The molecule has 0 radical (unpaired) electrons. The van der Waals surface area contributed by atoms with E-state index in [2.05, 4.69) is 15.3 Å². The van der Waals surface area contributed by atoms with Gasteiger partial charge < -0.3 is 28.8 Å². The Kier molecular flexibility index (Phi) is 6.92.